The number of carbonyl (C=O) groups excluding carboxylic acids is 1. The van der Waals surface area contributed by atoms with Gasteiger partial charge in [0.1, 0.15) is 6.54 Å². The summed E-state index contributed by atoms with van der Waals surface area (Å²) in [5.74, 6) is 0.225. The van der Waals surface area contributed by atoms with E-state index in [2.05, 4.69) is 25.5 Å². The van der Waals surface area contributed by atoms with Crippen molar-refractivity contribution in [1.29, 1.82) is 0 Å². The van der Waals surface area contributed by atoms with Crippen LogP contribution in [0.15, 0.2) is 30.3 Å². The predicted molar refractivity (Wildman–Crippen MR) is 100 cm³/mol. The molecule has 0 bridgehead atoms. The second kappa shape index (κ2) is 12.4. The van der Waals surface area contributed by atoms with E-state index in [0.717, 1.165) is 5.56 Å². The van der Waals surface area contributed by atoms with Crippen LogP contribution in [0.2, 0.25) is 0 Å². The fraction of sp³-hybridized carbons (Fsp3) is 0.467. The summed E-state index contributed by atoms with van der Waals surface area (Å²) in [6.07, 6.45) is 1.89. The van der Waals surface area contributed by atoms with E-state index in [-0.39, 0.29) is 31.5 Å². The lowest BCUT2D eigenvalue weighted by Crippen LogP contribution is -2.29. The lowest BCUT2D eigenvalue weighted by Gasteiger charge is -2.12. The van der Waals surface area contributed by atoms with Gasteiger partial charge in [0, 0.05) is 13.2 Å². The minimum Gasteiger partial charge on any atom is -0.402 e. The van der Waals surface area contributed by atoms with Gasteiger partial charge in [0.15, 0.2) is 5.82 Å². The van der Waals surface area contributed by atoms with Crippen molar-refractivity contribution in [2.45, 2.75) is 38.4 Å². The Morgan fingerprint density at radius 3 is 2.74 bits per heavy atom. The fourth-order valence-corrected chi connectivity index (χ4v) is 2.36. The van der Waals surface area contributed by atoms with Gasteiger partial charge in [0.05, 0.1) is 6.04 Å². The van der Waals surface area contributed by atoms with Crippen LogP contribution >= 0.6 is 12.4 Å². The Hall–Kier alpha value is -2.05. The molecule has 0 saturated heterocycles. The Kier molecular flexibility index (Phi) is 10.5. The molecular weight excluding hydrogens is 374 g/mol. The Morgan fingerprint density at radius 1 is 1.30 bits per heavy atom. The highest BCUT2D eigenvalue weighted by molar-refractivity contribution is 6.32. The lowest BCUT2D eigenvalue weighted by molar-refractivity contribution is -0.122. The summed E-state index contributed by atoms with van der Waals surface area (Å²) in [5.41, 5.74) is 7.09. The lowest BCUT2D eigenvalue weighted by atomic mass is 10.1. The van der Waals surface area contributed by atoms with Crippen LogP contribution in [0.3, 0.4) is 0 Å². The van der Waals surface area contributed by atoms with E-state index in [1.54, 1.807) is 0 Å². The summed E-state index contributed by atoms with van der Waals surface area (Å²) in [6, 6.07) is 9.17. The predicted octanol–water partition coefficient (Wildman–Crippen LogP) is -0.433. The van der Waals surface area contributed by atoms with Crippen LogP contribution < -0.4 is 11.1 Å². The molecule has 10 nitrogen and oxygen atoms in total. The summed E-state index contributed by atoms with van der Waals surface area (Å²) < 4.78 is 6.01. The third-order valence-corrected chi connectivity index (χ3v) is 3.69. The smallest absolute Gasteiger partial charge is 0.402 e. The average Bonchev–Trinajstić information content (AvgIpc) is 3.08. The maximum atomic E-state index is 12.1. The maximum absolute atomic E-state index is 12.1. The molecule has 1 aromatic carbocycles. The fourth-order valence-electron chi connectivity index (χ4n) is 2.36. The number of carbonyl (C=O) groups is 1. The van der Waals surface area contributed by atoms with Crippen LogP contribution in [0, 0.1) is 0 Å². The molecule has 1 unspecified atom stereocenters. The Labute approximate surface area is 163 Å². The van der Waals surface area contributed by atoms with Crippen molar-refractivity contribution in [3.63, 3.8) is 0 Å². The first kappa shape index (κ1) is 23.0. The normalized spacial score (nSPS) is 11.5. The van der Waals surface area contributed by atoms with Crippen LogP contribution in [-0.4, -0.2) is 50.1 Å². The number of halogens is 1. The molecule has 2 aromatic rings. The molecule has 27 heavy (non-hydrogen) atoms. The van der Waals surface area contributed by atoms with E-state index in [9.17, 15) is 4.79 Å². The van der Waals surface area contributed by atoms with Crippen molar-refractivity contribution in [3.05, 3.63) is 41.7 Å². The van der Waals surface area contributed by atoms with Crippen molar-refractivity contribution in [2.24, 2.45) is 5.73 Å². The number of unbranched alkanes of at least 4 members (excludes halogenated alkanes) is 1. The van der Waals surface area contributed by atoms with E-state index in [0.29, 0.717) is 31.6 Å². The SMILES string of the molecule is Cl.NC(CCCCOB(O)O)c1nnnn1CC(=O)NCc1ccccc1. The third-order valence-electron chi connectivity index (χ3n) is 3.69. The molecule has 148 valence electrons. The van der Waals surface area contributed by atoms with Gasteiger partial charge < -0.3 is 25.8 Å². The largest absolute Gasteiger partial charge is 0.633 e. The highest BCUT2D eigenvalue weighted by Crippen LogP contribution is 2.13. The van der Waals surface area contributed by atoms with Gasteiger partial charge >= 0.3 is 7.32 Å². The molecule has 0 aliphatic heterocycles. The number of amides is 1. The Balaban J connectivity index is 0.00000364. The second-order valence-corrected chi connectivity index (χ2v) is 5.76. The number of benzene rings is 1. The molecule has 1 amide bonds. The van der Waals surface area contributed by atoms with Gasteiger partial charge in [-0.15, -0.1) is 17.5 Å². The first-order chi connectivity index (χ1) is 12.6. The topological polar surface area (TPSA) is 148 Å². The third kappa shape index (κ3) is 8.46. The first-order valence-corrected chi connectivity index (χ1v) is 8.36. The zero-order valence-corrected chi connectivity index (χ0v) is 15.6. The van der Waals surface area contributed by atoms with E-state index >= 15 is 0 Å². The number of hydrogen-bond donors (Lipinski definition) is 4. The van der Waals surface area contributed by atoms with Gasteiger partial charge in [-0.3, -0.25) is 4.79 Å². The Morgan fingerprint density at radius 2 is 2.04 bits per heavy atom. The van der Waals surface area contributed by atoms with Crippen LogP contribution in [0.1, 0.15) is 36.7 Å². The van der Waals surface area contributed by atoms with Gasteiger partial charge in [-0.05, 0) is 35.3 Å². The number of nitrogens with one attached hydrogen (secondary N) is 1. The summed E-state index contributed by atoms with van der Waals surface area (Å²) >= 11 is 0. The summed E-state index contributed by atoms with van der Waals surface area (Å²) in [5, 5.41) is 31.3. The van der Waals surface area contributed by atoms with Gasteiger partial charge in [-0.2, -0.15) is 0 Å². The molecule has 5 N–H and O–H groups in total. The molecule has 0 aliphatic carbocycles. The standard InChI is InChI=1S/C15H23BN6O4.ClH/c17-13(8-4-5-9-26-16(24)25)15-19-20-21-22(15)11-14(23)18-10-12-6-2-1-3-7-12;/h1-3,6-7,13,24-25H,4-5,8-11,17H2,(H,18,23);1H. The summed E-state index contributed by atoms with van der Waals surface area (Å²) in [6.45, 7) is 0.639. The molecule has 2 rings (SSSR count). The first-order valence-electron chi connectivity index (χ1n) is 8.36. The molecule has 0 radical (unpaired) electrons. The summed E-state index contributed by atoms with van der Waals surface area (Å²) in [4.78, 5) is 12.1. The molecule has 1 heterocycles. The number of rotatable bonds is 11. The van der Waals surface area contributed by atoms with Gasteiger partial charge in [-0.1, -0.05) is 30.3 Å². The van der Waals surface area contributed by atoms with Crippen molar-refractivity contribution in [2.75, 3.05) is 6.61 Å². The van der Waals surface area contributed by atoms with Crippen molar-refractivity contribution < 1.29 is 19.5 Å². The van der Waals surface area contributed by atoms with E-state index in [1.165, 1.54) is 4.68 Å². The summed E-state index contributed by atoms with van der Waals surface area (Å²) in [7, 11) is -1.76. The number of nitrogens with two attached hydrogens (primary N) is 1. The Bertz CT molecular complexity index is 675. The van der Waals surface area contributed by atoms with Crippen molar-refractivity contribution in [3.8, 4) is 0 Å². The molecule has 0 spiro atoms. The minimum absolute atomic E-state index is 0. The van der Waals surface area contributed by atoms with Crippen molar-refractivity contribution in [1.82, 2.24) is 25.5 Å². The van der Waals surface area contributed by atoms with Gasteiger partial charge in [-0.25, -0.2) is 4.68 Å². The second-order valence-electron chi connectivity index (χ2n) is 5.76. The van der Waals surface area contributed by atoms with Crippen LogP contribution in [-0.2, 0) is 22.5 Å². The molecule has 12 heteroatoms. The maximum Gasteiger partial charge on any atom is 0.633 e. The van der Waals surface area contributed by atoms with Crippen molar-refractivity contribution >= 4 is 25.6 Å². The molecule has 1 aromatic heterocycles. The van der Waals surface area contributed by atoms with E-state index in [4.69, 9.17) is 15.8 Å². The highest BCUT2D eigenvalue weighted by atomic mass is 35.5. The molecular formula is C15H24BClN6O4. The molecule has 1 atom stereocenters. The quantitative estimate of drug-likeness (QED) is 0.294. The molecule has 0 saturated carbocycles. The molecule has 0 aliphatic rings. The van der Waals surface area contributed by atoms with Gasteiger partial charge in [0.25, 0.3) is 0 Å². The number of aromatic nitrogens is 4. The monoisotopic (exact) mass is 398 g/mol. The van der Waals surface area contributed by atoms with Crippen LogP contribution in [0.25, 0.3) is 0 Å². The zero-order chi connectivity index (χ0) is 18.8. The highest BCUT2D eigenvalue weighted by Gasteiger charge is 2.17. The number of hydrogen-bond acceptors (Lipinski definition) is 8. The van der Waals surface area contributed by atoms with E-state index < -0.39 is 13.4 Å². The number of nitrogens with zero attached hydrogens (tertiary/aromatic N) is 4. The zero-order valence-electron chi connectivity index (χ0n) is 14.8. The van der Waals surface area contributed by atoms with Gasteiger partial charge in [0.2, 0.25) is 5.91 Å². The number of tetrazole rings is 1. The van der Waals surface area contributed by atoms with Crippen LogP contribution in [0.5, 0.6) is 0 Å². The average molecular weight is 399 g/mol. The molecule has 0 fully saturated rings. The van der Waals surface area contributed by atoms with E-state index in [1.807, 2.05) is 30.3 Å². The van der Waals surface area contributed by atoms with Crippen LogP contribution in [0.4, 0.5) is 0 Å². The minimum atomic E-state index is -1.76.